The van der Waals surface area contributed by atoms with Crippen molar-refractivity contribution >= 4 is 11.0 Å². The number of aryl methyl sites for hydroxylation is 4. The number of hydrogen-bond donors (Lipinski definition) is 0. The van der Waals surface area contributed by atoms with E-state index in [9.17, 15) is 0 Å². The van der Waals surface area contributed by atoms with Crippen molar-refractivity contribution in [2.24, 2.45) is 0 Å². The summed E-state index contributed by atoms with van der Waals surface area (Å²) >= 11 is 0. The number of nitrogens with zero attached hydrogens (tertiary/aromatic N) is 6. The van der Waals surface area contributed by atoms with Crippen molar-refractivity contribution in [3.05, 3.63) is 60.2 Å². The van der Waals surface area contributed by atoms with Crippen LogP contribution in [-0.2, 0) is 13.1 Å². The molecule has 6 nitrogen and oxygen atoms in total. The first-order chi connectivity index (χ1) is 11.7. The molecule has 0 unspecified atom stereocenters. The molecule has 0 atom stereocenters. The van der Waals surface area contributed by atoms with E-state index in [2.05, 4.69) is 37.0 Å². The van der Waals surface area contributed by atoms with Gasteiger partial charge in [-0.2, -0.15) is 0 Å². The Bertz CT molecular complexity index is 998. The maximum Gasteiger partial charge on any atom is 0.131 e. The highest BCUT2D eigenvalue weighted by atomic mass is 15.4. The van der Waals surface area contributed by atoms with Gasteiger partial charge in [0.15, 0.2) is 0 Å². The summed E-state index contributed by atoms with van der Waals surface area (Å²) in [5.74, 6) is 0. The number of hydrogen-bond acceptors (Lipinski definition) is 4. The van der Waals surface area contributed by atoms with Gasteiger partial charge in [0, 0.05) is 12.7 Å². The maximum atomic E-state index is 4.48. The number of para-hydroxylation sites is 2. The largest absolute Gasteiger partial charge is 0.329 e. The Balaban J connectivity index is 1.53. The van der Waals surface area contributed by atoms with Gasteiger partial charge in [0.25, 0.3) is 0 Å². The zero-order valence-corrected chi connectivity index (χ0v) is 13.7. The van der Waals surface area contributed by atoms with Crippen LogP contribution in [0.4, 0.5) is 0 Å². The summed E-state index contributed by atoms with van der Waals surface area (Å²) in [6.45, 7) is 5.62. The summed E-state index contributed by atoms with van der Waals surface area (Å²) in [7, 11) is 0. The van der Waals surface area contributed by atoms with E-state index in [1.54, 1.807) is 0 Å². The van der Waals surface area contributed by atoms with Crippen LogP contribution in [0.3, 0.4) is 0 Å². The molecule has 0 spiro atoms. The molecule has 0 bridgehead atoms. The van der Waals surface area contributed by atoms with E-state index < -0.39 is 0 Å². The summed E-state index contributed by atoms with van der Waals surface area (Å²) in [4.78, 5) is 8.89. The lowest BCUT2D eigenvalue weighted by atomic mass is 10.1. The highest BCUT2D eigenvalue weighted by Crippen LogP contribution is 2.19. The lowest BCUT2D eigenvalue weighted by molar-refractivity contribution is 0.526. The van der Waals surface area contributed by atoms with Crippen LogP contribution in [0.15, 0.2) is 49.1 Å². The first kappa shape index (κ1) is 14.6. The summed E-state index contributed by atoms with van der Waals surface area (Å²) in [6, 6.07) is 10.2. The monoisotopic (exact) mass is 318 g/mol. The molecular formula is C18H18N6. The molecule has 0 saturated heterocycles. The lowest BCUT2D eigenvalue weighted by Gasteiger charge is -2.04. The lowest BCUT2D eigenvalue weighted by Crippen LogP contribution is -2.07. The fourth-order valence-corrected chi connectivity index (χ4v) is 2.90. The Morgan fingerprint density at radius 2 is 1.92 bits per heavy atom. The molecule has 24 heavy (non-hydrogen) atoms. The van der Waals surface area contributed by atoms with Crippen LogP contribution in [0.2, 0.25) is 0 Å². The van der Waals surface area contributed by atoms with Gasteiger partial charge in [0.2, 0.25) is 0 Å². The number of fused-ring (bicyclic) bond motifs is 1. The molecule has 120 valence electrons. The molecule has 4 aromatic rings. The van der Waals surface area contributed by atoms with Crippen LogP contribution in [-0.4, -0.2) is 29.5 Å². The average molecular weight is 318 g/mol. The molecule has 0 saturated carbocycles. The molecule has 0 N–H and O–H groups in total. The third kappa shape index (κ3) is 2.67. The van der Waals surface area contributed by atoms with E-state index >= 15 is 0 Å². The van der Waals surface area contributed by atoms with Gasteiger partial charge in [0.05, 0.1) is 35.8 Å². The smallest absolute Gasteiger partial charge is 0.131 e. The van der Waals surface area contributed by atoms with Crippen LogP contribution in [0.5, 0.6) is 0 Å². The zero-order chi connectivity index (χ0) is 16.5. The van der Waals surface area contributed by atoms with Gasteiger partial charge in [-0.1, -0.05) is 23.4 Å². The van der Waals surface area contributed by atoms with Crippen LogP contribution in [0.25, 0.3) is 22.4 Å². The summed E-state index contributed by atoms with van der Waals surface area (Å²) in [6.07, 6.45) is 5.68. The Hall–Kier alpha value is -3.02. The standard InChI is InChI=1S/C18H18N6/c1-13-9-14(2)18(19-10-13)16-11-24(22-21-16)8-7-23-12-20-15-5-3-4-6-17(15)23/h3-6,9-12H,7-8H2,1-2H3. The molecule has 0 fully saturated rings. The third-order valence-corrected chi connectivity index (χ3v) is 4.09. The second-order valence-corrected chi connectivity index (χ2v) is 5.97. The fourth-order valence-electron chi connectivity index (χ4n) is 2.90. The van der Waals surface area contributed by atoms with Crippen molar-refractivity contribution in [3.8, 4) is 11.4 Å². The maximum absolute atomic E-state index is 4.48. The van der Waals surface area contributed by atoms with Crippen LogP contribution < -0.4 is 0 Å². The van der Waals surface area contributed by atoms with Crippen molar-refractivity contribution in [1.29, 1.82) is 0 Å². The summed E-state index contributed by atoms with van der Waals surface area (Å²) in [5, 5.41) is 8.49. The number of benzene rings is 1. The number of aromatic nitrogens is 6. The van der Waals surface area contributed by atoms with Gasteiger partial charge in [-0.15, -0.1) is 5.10 Å². The molecule has 3 heterocycles. The van der Waals surface area contributed by atoms with Gasteiger partial charge in [-0.05, 0) is 37.1 Å². The minimum atomic E-state index is 0.734. The molecular weight excluding hydrogens is 300 g/mol. The van der Waals surface area contributed by atoms with E-state index in [0.29, 0.717) is 0 Å². The molecule has 0 aliphatic rings. The van der Waals surface area contributed by atoms with Crippen molar-refractivity contribution in [2.45, 2.75) is 26.9 Å². The Labute approximate surface area is 139 Å². The second kappa shape index (κ2) is 5.88. The number of rotatable bonds is 4. The molecule has 6 heteroatoms. The van der Waals surface area contributed by atoms with E-state index in [-0.39, 0.29) is 0 Å². The van der Waals surface area contributed by atoms with Crippen molar-refractivity contribution in [1.82, 2.24) is 29.5 Å². The van der Waals surface area contributed by atoms with Crippen molar-refractivity contribution in [2.75, 3.05) is 0 Å². The normalized spacial score (nSPS) is 11.2. The Morgan fingerprint density at radius 3 is 2.79 bits per heavy atom. The van der Waals surface area contributed by atoms with Crippen molar-refractivity contribution < 1.29 is 0 Å². The van der Waals surface area contributed by atoms with E-state index in [1.165, 1.54) is 0 Å². The third-order valence-electron chi connectivity index (χ3n) is 4.09. The quantitative estimate of drug-likeness (QED) is 0.580. The SMILES string of the molecule is Cc1cnc(-c2cn(CCn3cnc4ccccc43)nn2)c(C)c1. The second-order valence-electron chi connectivity index (χ2n) is 5.97. The number of pyridine rings is 1. The minimum Gasteiger partial charge on any atom is -0.329 e. The van der Waals surface area contributed by atoms with Gasteiger partial charge in [-0.3, -0.25) is 9.67 Å². The molecule has 0 amide bonds. The van der Waals surface area contributed by atoms with Crippen LogP contribution >= 0.6 is 0 Å². The van der Waals surface area contributed by atoms with Gasteiger partial charge in [-0.25, -0.2) is 4.98 Å². The summed E-state index contributed by atoms with van der Waals surface area (Å²) < 4.78 is 3.98. The first-order valence-electron chi connectivity index (χ1n) is 7.94. The predicted molar refractivity (Wildman–Crippen MR) is 92.5 cm³/mol. The van der Waals surface area contributed by atoms with Crippen LogP contribution in [0.1, 0.15) is 11.1 Å². The topological polar surface area (TPSA) is 61.4 Å². The molecule has 0 aliphatic heterocycles. The highest BCUT2D eigenvalue weighted by Gasteiger charge is 2.09. The van der Waals surface area contributed by atoms with E-state index in [4.69, 9.17) is 0 Å². The van der Waals surface area contributed by atoms with Gasteiger partial charge >= 0.3 is 0 Å². The zero-order valence-electron chi connectivity index (χ0n) is 13.7. The van der Waals surface area contributed by atoms with Crippen molar-refractivity contribution in [3.63, 3.8) is 0 Å². The van der Waals surface area contributed by atoms with Gasteiger partial charge < -0.3 is 4.57 Å². The highest BCUT2D eigenvalue weighted by molar-refractivity contribution is 5.74. The van der Waals surface area contributed by atoms with E-state index in [0.717, 1.165) is 46.6 Å². The molecule has 1 aromatic carbocycles. The van der Waals surface area contributed by atoms with Gasteiger partial charge in [0.1, 0.15) is 5.69 Å². The Morgan fingerprint density at radius 1 is 1.04 bits per heavy atom. The predicted octanol–water partition coefficient (Wildman–Crippen LogP) is 3.01. The first-order valence-corrected chi connectivity index (χ1v) is 7.94. The molecule has 0 radical (unpaired) electrons. The molecule has 3 aromatic heterocycles. The van der Waals surface area contributed by atoms with E-state index in [1.807, 2.05) is 55.4 Å². The fraction of sp³-hybridized carbons (Fsp3) is 0.222. The Kier molecular flexibility index (Phi) is 3.57. The average Bonchev–Trinajstić information content (AvgIpc) is 3.20. The number of imidazole rings is 1. The molecule has 4 rings (SSSR count). The molecule has 0 aliphatic carbocycles. The van der Waals surface area contributed by atoms with Crippen LogP contribution in [0, 0.1) is 13.8 Å². The minimum absolute atomic E-state index is 0.734. The summed E-state index contributed by atoms with van der Waals surface area (Å²) in [5.41, 5.74) is 6.10.